The van der Waals surface area contributed by atoms with E-state index in [2.05, 4.69) is 13.2 Å². The van der Waals surface area contributed by atoms with Crippen molar-refractivity contribution in [3.05, 3.63) is 47.6 Å². The molecule has 1 heterocycles. The number of aliphatic hydroxyl groups is 1. The third-order valence-electron chi connectivity index (χ3n) is 4.77. The molecule has 0 bridgehead atoms. The quantitative estimate of drug-likeness (QED) is 0.321. The molecule has 0 radical (unpaired) electrons. The standard InChI is InChI=1S/C21H26O7/c1-13(10-22)20(24)27-11-16-5-4-6-17(12-26-15(3)23)9-19-18(8-7-16)14(2)21(25)28-19/h6-7,18-19,22H,1-2,4-5,8-12H2,3H3/t18-,19+/m1/s1. The summed E-state index contributed by atoms with van der Waals surface area (Å²) in [5.74, 6) is -1.63. The second-order valence-corrected chi connectivity index (χ2v) is 6.90. The second kappa shape index (κ2) is 10.0. The Hall–Kier alpha value is -2.67. The van der Waals surface area contributed by atoms with Crippen LogP contribution in [0.3, 0.4) is 0 Å². The predicted octanol–water partition coefficient (Wildman–Crippen LogP) is 2.17. The van der Waals surface area contributed by atoms with Crippen LogP contribution >= 0.6 is 0 Å². The molecule has 7 nitrogen and oxygen atoms in total. The van der Waals surface area contributed by atoms with E-state index in [1.54, 1.807) is 0 Å². The van der Waals surface area contributed by atoms with E-state index in [1.807, 2.05) is 12.2 Å². The highest BCUT2D eigenvalue weighted by molar-refractivity contribution is 5.91. The maximum atomic E-state index is 12.0. The number of hydrogen-bond donors (Lipinski definition) is 1. The number of aliphatic hydroxyl groups excluding tert-OH is 1. The zero-order valence-electron chi connectivity index (χ0n) is 16.1. The Morgan fingerprint density at radius 2 is 1.96 bits per heavy atom. The Morgan fingerprint density at radius 3 is 2.64 bits per heavy atom. The Bertz CT molecular complexity index is 729. The SMILES string of the molecule is C=C(CO)C(=O)OCC1=CC[C@@H]2C(=C)C(=O)O[C@H]2CC(COC(C)=O)=CCC1. The van der Waals surface area contributed by atoms with Gasteiger partial charge in [0.2, 0.25) is 0 Å². The van der Waals surface area contributed by atoms with Crippen molar-refractivity contribution in [3.8, 4) is 0 Å². The number of ether oxygens (including phenoxy) is 3. The zero-order chi connectivity index (χ0) is 20.7. The highest BCUT2D eigenvalue weighted by Crippen LogP contribution is 2.35. The maximum absolute atomic E-state index is 12.0. The molecule has 0 amide bonds. The first-order valence-corrected chi connectivity index (χ1v) is 9.16. The molecule has 28 heavy (non-hydrogen) atoms. The van der Waals surface area contributed by atoms with E-state index < -0.39 is 18.5 Å². The monoisotopic (exact) mass is 390 g/mol. The first-order chi connectivity index (χ1) is 13.3. The van der Waals surface area contributed by atoms with Crippen molar-refractivity contribution < 1.29 is 33.7 Å². The summed E-state index contributed by atoms with van der Waals surface area (Å²) in [5, 5.41) is 8.95. The number of esters is 3. The summed E-state index contributed by atoms with van der Waals surface area (Å²) in [6, 6.07) is 0. The topological polar surface area (TPSA) is 99.1 Å². The lowest BCUT2D eigenvalue weighted by Gasteiger charge is -2.20. The number of hydrogen-bond acceptors (Lipinski definition) is 7. The Morgan fingerprint density at radius 1 is 1.25 bits per heavy atom. The summed E-state index contributed by atoms with van der Waals surface area (Å²) < 4.78 is 15.8. The van der Waals surface area contributed by atoms with Crippen molar-refractivity contribution in [2.75, 3.05) is 19.8 Å². The molecule has 0 saturated carbocycles. The van der Waals surface area contributed by atoms with Crippen LogP contribution in [0.25, 0.3) is 0 Å². The normalized spacial score (nSPS) is 22.4. The smallest absolute Gasteiger partial charge is 0.336 e. The molecule has 0 unspecified atom stereocenters. The molecule has 1 aliphatic heterocycles. The fraction of sp³-hybridized carbons (Fsp3) is 0.476. The van der Waals surface area contributed by atoms with E-state index in [4.69, 9.17) is 19.3 Å². The van der Waals surface area contributed by atoms with Crippen molar-refractivity contribution in [1.82, 2.24) is 0 Å². The molecular formula is C21H26O7. The van der Waals surface area contributed by atoms with Crippen LogP contribution in [0.2, 0.25) is 0 Å². The van der Waals surface area contributed by atoms with Crippen molar-refractivity contribution in [3.63, 3.8) is 0 Å². The fourth-order valence-electron chi connectivity index (χ4n) is 3.12. The number of carbonyl (C=O) groups excluding carboxylic acids is 3. The third kappa shape index (κ3) is 5.92. The lowest BCUT2D eigenvalue weighted by atomic mass is 9.87. The van der Waals surface area contributed by atoms with Crippen molar-refractivity contribution >= 4 is 17.9 Å². The third-order valence-corrected chi connectivity index (χ3v) is 4.77. The Kier molecular flexibility index (Phi) is 7.75. The van der Waals surface area contributed by atoms with Crippen LogP contribution in [0.4, 0.5) is 0 Å². The van der Waals surface area contributed by atoms with Crippen LogP contribution in [0.1, 0.15) is 32.6 Å². The lowest BCUT2D eigenvalue weighted by molar-refractivity contribution is -0.141. The van der Waals surface area contributed by atoms with Crippen molar-refractivity contribution in [2.24, 2.45) is 5.92 Å². The van der Waals surface area contributed by atoms with E-state index in [0.29, 0.717) is 31.3 Å². The van der Waals surface area contributed by atoms with E-state index in [9.17, 15) is 14.4 Å². The van der Waals surface area contributed by atoms with Gasteiger partial charge in [-0.05, 0) is 30.4 Å². The first kappa shape index (κ1) is 21.6. The van der Waals surface area contributed by atoms with Crippen LogP contribution in [-0.2, 0) is 28.6 Å². The molecule has 0 aromatic heterocycles. The number of carbonyl (C=O) groups is 3. The van der Waals surface area contributed by atoms with Gasteiger partial charge in [-0.1, -0.05) is 25.3 Å². The average molecular weight is 390 g/mol. The largest absolute Gasteiger partial charge is 0.461 e. The van der Waals surface area contributed by atoms with Gasteiger partial charge in [0.1, 0.15) is 19.3 Å². The zero-order valence-corrected chi connectivity index (χ0v) is 16.1. The van der Waals surface area contributed by atoms with Crippen LogP contribution in [0.15, 0.2) is 47.6 Å². The second-order valence-electron chi connectivity index (χ2n) is 6.90. The van der Waals surface area contributed by atoms with Gasteiger partial charge in [-0.3, -0.25) is 4.79 Å². The molecule has 1 aliphatic carbocycles. The molecule has 0 aromatic carbocycles. The van der Waals surface area contributed by atoms with Gasteiger partial charge >= 0.3 is 17.9 Å². The number of rotatable bonds is 6. The van der Waals surface area contributed by atoms with Gasteiger partial charge in [0.15, 0.2) is 0 Å². The van der Waals surface area contributed by atoms with Gasteiger partial charge in [0.25, 0.3) is 0 Å². The highest BCUT2D eigenvalue weighted by Gasteiger charge is 2.38. The molecule has 1 saturated heterocycles. The molecule has 1 N–H and O–H groups in total. The molecule has 0 spiro atoms. The van der Waals surface area contributed by atoms with Gasteiger partial charge < -0.3 is 19.3 Å². The van der Waals surface area contributed by atoms with E-state index >= 15 is 0 Å². The van der Waals surface area contributed by atoms with Crippen LogP contribution in [-0.4, -0.2) is 48.9 Å². The molecular weight excluding hydrogens is 364 g/mol. The minimum atomic E-state index is -0.645. The summed E-state index contributed by atoms with van der Waals surface area (Å²) >= 11 is 0. The minimum absolute atomic E-state index is 0.00717. The van der Waals surface area contributed by atoms with Gasteiger partial charge in [-0.25, -0.2) is 9.59 Å². The average Bonchev–Trinajstić information content (AvgIpc) is 2.93. The van der Waals surface area contributed by atoms with Crippen LogP contribution in [0, 0.1) is 5.92 Å². The summed E-state index contributed by atoms with van der Waals surface area (Å²) in [6.45, 7) is 8.40. The number of fused-ring (bicyclic) bond motifs is 1. The summed E-state index contributed by atoms with van der Waals surface area (Å²) in [5.41, 5.74) is 2.17. The molecule has 7 heteroatoms. The number of allylic oxidation sites excluding steroid dienone is 2. The summed E-state index contributed by atoms with van der Waals surface area (Å²) in [7, 11) is 0. The summed E-state index contributed by atoms with van der Waals surface area (Å²) in [6.07, 6.45) is 5.86. The maximum Gasteiger partial charge on any atom is 0.336 e. The highest BCUT2D eigenvalue weighted by atomic mass is 16.6. The van der Waals surface area contributed by atoms with Crippen LogP contribution in [0.5, 0.6) is 0 Å². The van der Waals surface area contributed by atoms with Gasteiger partial charge in [-0.15, -0.1) is 0 Å². The van der Waals surface area contributed by atoms with Crippen molar-refractivity contribution in [2.45, 2.75) is 38.7 Å². The first-order valence-electron chi connectivity index (χ1n) is 9.16. The molecule has 0 aromatic rings. The van der Waals surface area contributed by atoms with Crippen molar-refractivity contribution in [1.29, 1.82) is 0 Å². The predicted molar refractivity (Wildman–Crippen MR) is 101 cm³/mol. The minimum Gasteiger partial charge on any atom is -0.461 e. The Balaban J connectivity index is 2.14. The molecule has 2 aliphatic rings. The summed E-state index contributed by atoms with van der Waals surface area (Å²) in [4.78, 5) is 34.8. The van der Waals surface area contributed by atoms with E-state index in [1.165, 1.54) is 6.92 Å². The van der Waals surface area contributed by atoms with Gasteiger partial charge in [0.05, 0.1) is 12.2 Å². The Labute approximate surface area is 164 Å². The lowest BCUT2D eigenvalue weighted by Crippen LogP contribution is -2.20. The molecule has 2 rings (SSSR count). The van der Waals surface area contributed by atoms with E-state index in [0.717, 1.165) is 11.1 Å². The van der Waals surface area contributed by atoms with Crippen LogP contribution < -0.4 is 0 Å². The van der Waals surface area contributed by atoms with Gasteiger partial charge in [-0.2, -0.15) is 0 Å². The molecule has 152 valence electrons. The van der Waals surface area contributed by atoms with E-state index in [-0.39, 0.29) is 36.8 Å². The fourth-order valence-corrected chi connectivity index (χ4v) is 3.12. The van der Waals surface area contributed by atoms with Gasteiger partial charge in [0, 0.05) is 24.8 Å². The molecule has 1 fully saturated rings. The molecule has 2 atom stereocenters.